The summed E-state index contributed by atoms with van der Waals surface area (Å²) in [5.41, 5.74) is 1.12. The molecule has 5 nitrogen and oxygen atoms in total. The van der Waals surface area contributed by atoms with Crippen molar-refractivity contribution in [2.24, 2.45) is 0 Å². The molecule has 2 N–H and O–H groups in total. The summed E-state index contributed by atoms with van der Waals surface area (Å²) in [7, 11) is -2.23. The molecule has 1 aliphatic carbocycles. The molecule has 0 spiro atoms. The largest absolute Gasteiger partial charge is 0.352 e. The van der Waals surface area contributed by atoms with Crippen LogP contribution in [0.25, 0.3) is 0 Å². The Morgan fingerprint density at radius 3 is 2.57 bits per heavy atom. The first-order valence-electron chi connectivity index (χ1n) is 6.87. The first-order valence-corrected chi connectivity index (χ1v) is 8.90. The van der Waals surface area contributed by atoms with Crippen LogP contribution in [0, 0.1) is 0 Å². The second kappa shape index (κ2) is 6.77. The van der Waals surface area contributed by atoms with E-state index in [1.54, 1.807) is 0 Å². The molecule has 0 aromatic heterocycles. The second-order valence-corrected chi connectivity index (χ2v) is 7.59. The molecule has 2 atom stereocenters. The van der Waals surface area contributed by atoms with Gasteiger partial charge in [-0.25, -0.2) is 13.1 Å². The van der Waals surface area contributed by atoms with E-state index in [1.165, 1.54) is 7.05 Å². The summed E-state index contributed by atoms with van der Waals surface area (Å²) >= 11 is 5.88. The Morgan fingerprint density at radius 1 is 1.29 bits per heavy atom. The van der Waals surface area contributed by atoms with Crippen molar-refractivity contribution in [3.8, 4) is 0 Å². The van der Waals surface area contributed by atoms with Crippen LogP contribution in [0.4, 0.5) is 0 Å². The Labute approximate surface area is 130 Å². The minimum absolute atomic E-state index is 0.0225. The Balaban J connectivity index is 2.02. The predicted octanol–water partition coefficient (Wildman–Crippen LogP) is 1.64. The van der Waals surface area contributed by atoms with Crippen molar-refractivity contribution in [1.82, 2.24) is 10.0 Å². The Bertz CT molecular complexity index is 601. The van der Waals surface area contributed by atoms with Gasteiger partial charge in [0, 0.05) is 17.0 Å². The zero-order valence-corrected chi connectivity index (χ0v) is 13.4. The van der Waals surface area contributed by atoms with Crippen LogP contribution < -0.4 is 10.0 Å². The van der Waals surface area contributed by atoms with E-state index in [1.807, 2.05) is 24.3 Å². The summed E-state index contributed by atoms with van der Waals surface area (Å²) in [6.07, 6.45) is 2.85. The van der Waals surface area contributed by atoms with Gasteiger partial charge >= 0.3 is 0 Å². The molecule has 21 heavy (non-hydrogen) atoms. The molecule has 1 fully saturated rings. The van der Waals surface area contributed by atoms with Crippen molar-refractivity contribution in [1.29, 1.82) is 0 Å². The van der Waals surface area contributed by atoms with Gasteiger partial charge in [0.1, 0.15) is 5.75 Å². The van der Waals surface area contributed by atoms with E-state index in [9.17, 15) is 13.2 Å². The molecule has 1 aromatic carbocycles. The number of benzene rings is 1. The van der Waals surface area contributed by atoms with E-state index in [4.69, 9.17) is 11.6 Å². The number of halogens is 1. The van der Waals surface area contributed by atoms with E-state index in [0.29, 0.717) is 5.02 Å². The molecule has 0 saturated heterocycles. The molecule has 1 aliphatic rings. The van der Waals surface area contributed by atoms with Crippen molar-refractivity contribution in [3.63, 3.8) is 0 Å². The third-order valence-electron chi connectivity index (χ3n) is 3.79. The highest BCUT2D eigenvalue weighted by atomic mass is 35.5. The Hall–Kier alpha value is -1.11. The third kappa shape index (κ3) is 4.43. The SMILES string of the molecule is CNS(=O)(=O)CC(=O)N[C@@H]1CCC[C@@H]1c1ccc(Cl)cc1. The third-order valence-corrected chi connectivity index (χ3v) is 5.31. The van der Waals surface area contributed by atoms with E-state index in [2.05, 4.69) is 10.0 Å². The molecule has 0 bridgehead atoms. The number of rotatable bonds is 5. The Morgan fingerprint density at radius 2 is 1.95 bits per heavy atom. The van der Waals surface area contributed by atoms with Gasteiger partial charge in [-0.2, -0.15) is 0 Å². The minimum atomic E-state index is -3.53. The van der Waals surface area contributed by atoms with Crippen LogP contribution in [0.3, 0.4) is 0 Å². The molecule has 0 radical (unpaired) electrons. The second-order valence-electron chi connectivity index (χ2n) is 5.23. The summed E-state index contributed by atoms with van der Waals surface area (Å²) in [6.45, 7) is 0. The number of sulfonamides is 1. The van der Waals surface area contributed by atoms with Gasteiger partial charge in [-0.1, -0.05) is 30.2 Å². The van der Waals surface area contributed by atoms with E-state index in [-0.39, 0.29) is 12.0 Å². The number of hydrogen-bond acceptors (Lipinski definition) is 3. The lowest BCUT2D eigenvalue weighted by molar-refractivity contribution is -0.119. The fourth-order valence-electron chi connectivity index (χ4n) is 2.73. The van der Waals surface area contributed by atoms with Crippen molar-refractivity contribution in [2.75, 3.05) is 12.8 Å². The molecule has 7 heteroatoms. The van der Waals surface area contributed by atoms with Crippen LogP contribution in [-0.2, 0) is 14.8 Å². The standard InChI is InChI=1S/C14H19ClN2O3S/c1-16-21(19,20)9-14(18)17-13-4-2-3-12(13)10-5-7-11(15)8-6-10/h5-8,12-13,16H,2-4,9H2,1H3,(H,17,18)/t12-,13-/m1/s1. The van der Waals surface area contributed by atoms with Crippen molar-refractivity contribution in [2.45, 2.75) is 31.2 Å². The fraction of sp³-hybridized carbons (Fsp3) is 0.500. The van der Waals surface area contributed by atoms with Crippen LogP contribution in [0.1, 0.15) is 30.7 Å². The Kier molecular flexibility index (Phi) is 5.24. The van der Waals surface area contributed by atoms with Crippen LogP contribution >= 0.6 is 11.6 Å². The van der Waals surface area contributed by atoms with E-state index in [0.717, 1.165) is 24.8 Å². The smallest absolute Gasteiger partial charge is 0.236 e. The van der Waals surface area contributed by atoms with Gasteiger partial charge in [0.05, 0.1) is 0 Å². The number of nitrogens with one attached hydrogen (secondary N) is 2. The highest BCUT2D eigenvalue weighted by Crippen LogP contribution is 2.35. The summed E-state index contributed by atoms with van der Waals surface area (Å²) in [4.78, 5) is 11.9. The topological polar surface area (TPSA) is 75.3 Å². The van der Waals surface area contributed by atoms with Gasteiger partial charge in [0.15, 0.2) is 0 Å². The quantitative estimate of drug-likeness (QED) is 0.861. The summed E-state index contributed by atoms with van der Waals surface area (Å²) in [6, 6.07) is 7.56. The highest BCUT2D eigenvalue weighted by molar-refractivity contribution is 7.90. The number of carbonyl (C=O) groups is 1. The maximum absolute atomic E-state index is 11.9. The van der Waals surface area contributed by atoms with E-state index < -0.39 is 21.7 Å². The van der Waals surface area contributed by atoms with Crippen LogP contribution in [0.5, 0.6) is 0 Å². The van der Waals surface area contributed by atoms with Crippen LogP contribution in [0.2, 0.25) is 5.02 Å². The molecule has 0 heterocycles. The van der Waals surface area contributed by atoms with Crippen molar-refractivity contribution in [3.05, 3.63) is 34.9 Å². The van der Waals surface area contributed by atoms with Crippen LogP contribution in [-0.4, -0.2) is 33.2 Å². The predicted molar refractivity (Wildman–Crippen MR) is 82.8 cm³/mol. The van der Waals surface area contributed by atoms with Gasteiger partial charge in [-0.3, -0.25) is 4.79 Å². The summed E-state index contributed by atoms with van der Waals surface area (Å²) in [5.74, 6) is -0.786. The molecular formula is C14H19ClN2O3S. The molecule has 1 saturated carbocycles. The normalized spacial score (nSPS) is 22.2. The lowest BCUT2D eigenvalue weighted by atomic mass is 9.94. The average molecular weight is 331 g/mol. The van der Waals surface area contributed by atoms with Crippen LogP contribution in [0.15, 0.2) is 24.3 Å². The zero-order valence-electron chi connectivity index (χ0n) is 11.8. The molecule has 2 rings (SSSR count). The zero-order chi connectivity index (χ0) is 15.5. The number of hydrogen-bond donors (Lipinski definition) is 2. The van der Waals surface area contributed by atoms with Gasteiger partial charge < -0.3 is 5.32 Å². The number of carbonyl (C=O) groups excluding carboxylic acids is 1. The summed E-state index contributed by atoms with van der Waals surface area (Å²) < 4.78 is 24.9. The molecule has 1 amide bonds. The van der Waals surface area contributed by atoms with Crippen molar-refractivity contribution >= 4 is 27.5 Å². The molecule has 116 valence electrons. The maximum Gasteiger partial charge on any atom is 0.236 e. The molecule has 1 aromatic rings. The monoisotopic (exact) mass is 330 g/mol. The van der Waals surface area contributed by atoms with Gasteiger partial charge in [0.2, 0.25) is 15.9 Å². The first-order chi connectivity index (χ1) is 9.91. The van der Waals surface area contributed by atoms with E-state index >= 15 is 0 Å². The first kappa shape index (κ1) is 16.3. The van der Waals surface area contributed by atoms with Gasteiger partial charge in [-0.05, 0) is 37.6 Å². The lowest BCUT2D eigenvalue weighted by Crippen LogP contribution is -2.41. The van der Waals surface area contributed by atoms with Gasteiger partial charge in [0.25, 0.3) is 0 Å². The molecule has 0 unspecified atom stereocenters. The highest BCUT2D eigenvalue weighted by Gasteiger charge is 2.30. The average Bonchev–Trinajstić information content (AvgIpc) is 2.87. The minimum Gasteiger partial charge on any atom is -0.352 e. The summed E-state index contributed by atoms with van der Waals surface area (Å²) in [5, 5.41) is 3.52. The molecular weight excluding hydrogens is 312 g/mol. The van der Waals surface area contributed by atoms with Gasteiger partial charge in [-0.15, -0.1) is 0 Å². The molecule has 0 aliphatic heterocycles. The number of amides is 1. The maximum atomic E-state index is 11.9. The van der Waals surface area contributed by atoms with Crippen molar-refractivity contribution < 1.29 is 13.2 Å². The lowest BCUT2D eigenvalue weighted by Gasteiger charge is -2.21. The fourth-order valence-corrected chi connectivity index (χ4v) is 3.43.